The van der Waals surface area contributed by atoms with Crippen molar-refractivity contribution < 1.29 is 19.1 Å². The quantitative estimate of drug-likeness (QED) is 0.765. The third-order valence-corrected chi connectivity index (χ3v) is 5.94. The number of carbonyl (C=O) groups is 2. The van der Waals surface area contributed by atoms with Gasteiger partial charge in [-0.2, -0.15) is 0 Å². The molecule has 5 nitrogen and oxygen atoms in total. The molecule has 1 amide bonds. The van der Waals surface area contributed by atoms with Gasteiger partial charge in [-0.3, -0.25) is 4.79 Å². The summed E-state index contributed by atoms with van der Waals surface area (Å²) in [5, 5.41) is 0.307. The lowest BCUT2D eigenvalue weighted by Crippen LogP contribution is -2.43. The molecule has 0 aromatic rings. The standard InChI is InChI=1S/C18H25NO4S/c1-18(2,3)23-17(21)19-8-6-13(7-9-19)24-15-5-4-12-10-22-11-14(12)16(15)20/h4-5,10,13-15H,6-9,11H2,1-3H3. The zero-order chi connectivity index (χ0) is 17.3. The molecule has 2 heterocycles. The molecule has 1 fully saturated rings. The second-order valence-electron chi connectivity index (χ2n) is 7.49. The highest BCUT2D eigenvalue weighted by Gasteiger charge is 2.37. The van der Waals surface area contributed by atoms with Crippen molar-refractivity contribution >= 4 is 23.6 Å². The average Bonchev–Trinajstić information content (AvgIpc) is 2.98. The molecule has 0 bridgehead atoms. The summed E-state index contributed by atoms with van der Waals surface area (Å²) >= 11 is 1.73. The van der Waals surface area contributed by atoms with Crippen LogP contribution in [0.2, 0.25) is 0 Å². The third-order valence-electron chi connectivity index (χ3n) is 4.40. The Kier molecular flexibility index (Phi) is 4.95. The molecule has 24 heavy (non-hydrogen) atoms. The average molecular weight is 351 g/mol. The van der Waals surface area contributed by atoms with Gasteiger partial charge in [0.15, 0.2) is 5.78 Å². The summed E-state index contributed by atoms with van der Waals surface area (Å²) in [7, 11) is 0. The Labute approximate surface area is 147 Å². The molecule has 6 heteroatoms. The van der Waals surface area contributed by atoms with Crippen molar-refractivity contribution in [1.29, 1.82) is 0 Å². The summed E-state index contributed by atoms with van der Waals surface area (Å²) in [5.41, 5.74) is 0.535. The number of amides is 1. The lowest BCUT2D eigenvalue weighted by molar-refractivity contribution is -0.121. The number of rotatable bonds is 2. The number of ketones is 1. The number of piperidine rings is 1. The van der Waals surface area contributed by atoms with E-state index in [1.54, 1.807) is 22.9 Å². The summed E-state index contributed by atoms with van der Waals surface area (Å²) < 4.78 is 10.7. The highest BCUT2D eigenvalue weighted by atomic mass is 32.2. The van der Waals surface area contributed by atoms with E-state index in [-0.39, 0.29) is 23.0 Å². The van der Waals surface area contributed by atoms with E-state index in [1.165, 1.54) is 0 Å². The van der Waals surface area contributed by atoms with E-state index in [9.17, 15) is 9.59 Å². The molecule has 132 valence electrons. The summed E-state index contributed by atoms with van der Waals surface area (Å²) in [5.74, 6) is 0.162. The monoisotopic (exact) mass is 351 g/mol. The van der Waals surface area contributed by atoms with E-state index in [1.807, 2.05) is 32.9 Å². The van der Waals surface area contributed by atoms with Crippen LogP contribution in [0.3, 0.4) is 0 Å². The second-order valence-corrected chi connectivity index (χ2v) is 8.94. The Morgan fingerprint density at radius 3 is 2.71 bits per heavy atom. The van der Waals surface area contributed by atoms with Gasteiger partial charge in [0.05, 0.1) is 17.4 Å². The Balaban J connectivity index is 1.49. The number of hydrogen-bond acceptors (Lipinski definition) is 5. The van der Waals surface area contributed by atoms with E-state index in [0.717, 1.165) is 18.4 Å². The number of fused-ring (bicyclic) bond motifs is 1. The first-order valence-electron chi connectivity index (χ1n) is 8.50. The van der Waals surface area contributed by atoms with Gasteiger partial charge in [-0.1, -0.05) is 12.2 Å². The number of hydrogen-bond donors (Lipinski definition) is 0. The van der Waals surface area contributed by atoms with Gasteiger partial charge < -0.3 is 14.4 Å². The SMILES string of the molecule is CC(C)(C)OC(=O)N1CCC(SC2C=CC3=COCC3C2=O)CC1. The molecule has 0 aromatic heterocycles. The largest absolute Gasteiger partial charge is 0.500 e. The highest BCUT2D eigenvalue weighted by Crippen LogP contribution is 2.36. The number of nitrogens with zero attached hydrogens (tertiary/aromatic N) is 1. The molecule has 3 aliphatic rings. The lowest BCUT2D eigenvalue weighted by atomic mass is 9.90. The molecular formula is C18H25NO4S. The van der Waals surface area contributed by atoms with Crippen LogP contribution in [-0.4, -0.2) is 52.6 Å². The smallest absolute Gasteiger partial charge is 0.410 e. The minimum atomic E-state index is -0.462. The minimum Gasteiger partial charge on any atom is -0.500 e. The Morgan fingerprint density at radius 2 is 2.04 bits per heavy atom. The topological polar surface area (TPSA) is 55.8 Å². The van der Waals surface area contributed by atoms with Crippen molar-refractivity contribution in [1.82, 2.24) is 4.90 Å². The van der Waals surface area contributed by atoms with E-state index in [0.29, 0.717) is 24.9 Å². The number of likely N-dealkylation sites (tertiary alicyclic amines) is 1. The van der Waals surface area contributed by atoms with Crippen LogP contribution in [0.5, 0.6) is 0 Å². The van der Waals surface area contributed by atoms with Crippen molar-refractivity contribution in [3.8, 4) is 0 Å². The maximum atomic E-state index is 12.5. The summed E-state index contributed by atoms with van der Waals surface area (Å²) in [6, 6.07) is 0. The Hall–Kier alpha value is -1.43. The van der Waals surface area contributed by atoms with Gasteiger partial charge in [-0.25, -0.2) is 4.79 Å². The molecule has 1 aliphatic carbocycles. The van der Waals surface area contributed by atoms with E-state index < -0.39 is 5.60 Å². The van der Waals surface area contributed by atoms with E-state index in [2.05, 4.69) is 0 Å². The molecule has 0 radical (unpaired) electrons. The second kappa shape index (κ2) is 6.82. The Bertz CT molecular complexity index is 570. The highest BCUT2D eigenvalue weighted by molar-refractivity contribution is 8.01. The van der Waals surface area contributed by atoms with Crippen LogP contribution in [0.1, 0.15) is 33.6 Å². The van der Waals surface area contributed by atoms with Crippen molar-refractivity contribution in [3.63, 3.8) is 0 Å². The molecule has 3 rings (SSSR count). The summed E-state index contributed by atoms with van der Waals surface area (Å²) in [6.45, 7) is 7.49. The molecule has 1 saturated heterocycles. The van der Waals surface area contributed by atoms with Gasteiger partial charge in [0, 0.05) is 23.9 Å². The van der Waals surface area contributed by atoms with Gasteiger partial charge >= 0.3 is 6.09 Å². The summed E-state index contributed by atoms with van der Waals surface area (Å²) in [4.78, 5) is 26.4. The summed E-state index contributed by atoms with van der Waals surface area (Å²) in [6.07, 6.45) is 7.25. The third kappa shape index (κ3) is 3.97. The molecule has 2 unspecified atom stereocenters. The molecule has 0 aromatic carbocycles. The van der Waals surface area contributed by atoms with Gasteiger partial charge in [-0.05, 0) is 33.6 Å². The number of ether oxygens (including phenoxy) is 2. The minimum absolute atomic E-state index is 0.0886. The molecule has 0 N–H and O–H groups in total. The normalized spacial score (nSPS) is 27.5. The van der Waals surface area contributed by atoms with Crippen LogP contribution in [0.15, 0.2) is 24.0 Å². The number of carbonyl (C=O) groups excluding carboxylic acids is 2. The van der Waals surface area contributed by atoms with Crippen molar-refractivity contribution in [2.45, 2.75) is 49.7 Å². The zero-order valence-electron chi connectivity index (χ0n) is 14.5. The lowest BCUT2D eigenvalue weighted by Gasteiger charge is -2.34. The first-order chi connectivity index (χ1) is 11.3. The fourth-order valence-electron chi connectivity index (χ4n) is 3.13. The van der Waals surface area contributed by atoms with Gasteiger partial charge in [-0.15, -0.1) is 11.8 Å². The van der Waals surface area contributed by atoms with Crippen LogP contribution >= 0.6 is 11.8 Å². The van der Waals surface area contributed by atoms with Gasteiger partial charge in [0.1, 0.15) is 12.2 Å². The first kappa shape index (κ1) is 17.4. The van der Waals surface area contributed by atoms with Crippen molar-refractivity contribution in [2.75, 3.05) is 19.7 Å². The molecule has 2 atom stereocenters. The zero-order valence-corrected chi connectivity index (χ0v) is 15.3. The molecule has 0 spiro atoms. The van der Waals surface area contributed by atoms with E-state index >= 15 is 0 Å². The first-order valence-corrected chi connectivity index (χ1v) is 9.45. The predicted molar refractivity (Wildman–Crippen MR) is 93.9 cm³/mol. The van der Waals surface area contributed by atoms with Crippen molar-refractivity contribution in [2.24, 2.45) is 5.92 Å². The number of Topliss-reactive ketones (excluding diaryl/α,β-unsaturated/α-hetero) is 1. The molecule has 2 aliphatic heterocycles. The molecular weight excluding hydrogens is 326 g/mol. The number of allylic oxidation sites excluding steroid dienone is 1. The fourth-order valence-corrected chi connectivity index (χ4v) is 4.50. The van der Waals surface area contributed by atoms with Gasteiger partial charge in [0.25, 0.3) is 0 Å². The molecule has 0 saturated carbocycles. The maximum absolute atomic E-state index is 12.5. The maximum Gasteiger partial charge on any atom is 0.410 e. The van der Waals surface area contributed by atoms with Crippen LogP contribution in [0, 0.1) is 5.92 Å². The van der Waals surface area contributed by atoms with Gasteiger partial charge in [0.2, 0.25) is 0 Å². The Morgan fingerprint density at radius 1 is 1.33 bits per heavy atom. The van der Waals surface area contributed by atoms with Crippen LogP contribution < -0.4 is 0 Å². The van der Waals surface area contributed by atoms with Crippen molar-refractivity contribution in [3.05, 3.63) is 24.0 Å². The van der Waals surface area contributed by atoms with Crippen LogP contribution in [0.4, 0.5) is 4.79 Å². The fraction of sp³-hybridized carbons (Fsp3) is 0.667. The van der Waals surface area contributed by atoms with Crippen LogP contribution in [-0.2, 0) is 14.3 Å². The number of thioether (sulfide) groups is 1. The van der Waals surface area contributed by atoms with E-state index in [4.69, 9.17) is 9.47 Å². The predicted octanol–water partition coefficient (Wildman–Crippen LogP) is 3.16. The van der Waals surface area contributed by atoms with Crippen LogP contribution in [0.25, 0.3) is 0 Å².